The summed E-state index contributed by atoms with van der Waals surface area (Å²) in [7, 11) is 0. The van der Waals surface area contributed by atoms with Crippen LogP contribution in [0.3, 0.4) is 0 Å². The van der Waals surface area contributed by atoms with Crippen LogP contribution in [0, 0.1) is 6.92 Å². The van der Waals surface area contributed by atoms with Gasteiger partial charge in [0.05, 0.1) is 13.0 Å². The molecule has 1 rings (SSSR count). The molecule has 3 N–H and O–H groups in total. The van der Waals surface area contributed by atoms with Crippen molar-refractivity contribution in [2.24, 2.45) is 0 Å². The van der Waals surface area contributed by atoms with Crippen molar-refractivity contribution in [1.82, 2.24) is 16.2 Å². The first-order valence-electron chi connectivity index (χ1n) is 6.14. The SMILES string of the molecule is CCNC(=S)NNC(=O)CCOc1cccc(C)c1. The van der Waals surface area contributed by atoms with E-state index in [0.717, 1.165) is 11.3 Å². The van der Waals surface area contributed by atoms with Crippen LogP contribution in [0.5, 0.6) is 5.75 Å². The van der Waals surface area contributed by atoms with Crippen molar-refractivity contribution in [3.63, 3.8) is 0 Å². The van der Waals surface area contributed by atoms with Gasteiger partial charge in [-0.25, -0.2) is 0 Å². The normalized spacial score (nSPS) is 9.58. The highest BCUT2D eigenvalue weighted by molar-refractivity contribution is 7.80. The molecule has 0 saturated carbocycles. The van der Waals surface area contributed by atoms with E-state index in [-0.39, 0.29) is 12.3 Å². The molecule has 0 fully saturated rings. The van der Waals surface area contributed by atoms with Crippen LogP contribution in [0.1, 0.15) is 18.9 Å². The molecule has 1 aromatic carbocycles. The summed E-state index contributed by atoms with van der Waals surface area (Å²) in [5.41, 5.74) is 6.22. The Kier molecular flexibility index (Phi) is 6.67. The number of hydrazine groups is 1. The second-order valence-electron chi connectivity index (χ2n) is 3.95. The Morgan fingerprint density at radius 2 is 2.16 bits per heavy atom. The van der Waals surface area contributed by atoms with Gasteiger partial charge < -0.3 is 10.1 Å². The topological polar surface area (TPSA) is 62.4 Å². The lowest BCUT2D eigenvalue weighted by atomic mass is 10.2. The van der Waals surface area contributed by atoms with Gasteiger partial charge in [0, 0.05) is 6.54 Å². The smallest absolute Gasteiger partial charge is 0.241 e. The summed E-state index contributed by atoms with van der Waals surface area (Å²) in [6, 6.07) is 7.70. The Hall–Kier alpha value is -1.82. The molecule has 1 aromatic rings. The first kappa shape index (κ1) is 15.2. The van der Waals surface area contributed by atoms with E-state index >= 15 is 0 Å². The fourth-order valence-corrected chi connectivity index (χ4v) is 1.56. The predicted molar refractivity (Wildman–Crippen MR) is 78.8 cm³/mol. The van der Waals surface area contributed by atoms with Crippen molar-refractivity contribution in [3.8, 4) is 5.75 Å². The maximum Gasteiger partial charge on any atom is 0.241 e. The minimum absolute atomic E-state index is 0.173. The van der Waals surface area contributed by atoms with Gasteiger partial charge in [-0.05, 0) is 43.8 Å². The van der Waals surface area contributed by atoms with E-state index in [0.29, 0.717) is 18.3 Å². The molecule has 0 aliphatic carbocycles. The fraction of sp³-hybridized carbons (Fsp3) is 0.385. The highest BCUT2D eigenvalue weighted by atomic mass is 32.1. The van der Waals surface area contributed by atoms with E-state index in [1.165, 1.54) is 0 Å². The molecule has 6 heteroatoms. The van der Waals surface area contributed by atoms with Gasteiger partial charge in [0.15, 0.2) is 5.11 Å². The Morgan fingerprint density at radius 1 is 1.37 bits per heavy atom. The second kappa shape index (κ2) is 8.31. The number of thiocarbonyl (C=S) groups is 1. The first-order valence-corrected chi connectivity index (χ1v) is 6.54. The van der Waals surface area contributed by atoms with Gasteiger partial charge in [0.25, 0.3) is 0 Å². The molecular formula is C13H19N3O2S. The van der Waals surface area contributed by atoms with Crippen LogP contribution in [0.25, 0.3) is 0 Å². The summed E-state index contributed by atoms with van der Waals surface area (Å²) in [6.45, 7) is 4.94. The third-order valence-corrected chi connectivity index (χ3v) is 2.49. The van der Waals surface area contributed by atoms with Crippen LogP contribution in [0.15, 0.2) is 24.3 Å². The maximum absolute atomic E-state index is 11.5. The number of hydrogen-bond acceptors (Lipinski definition) is 3. The number of hydrogen-bond donors (Lipinski definition) is 3. The van der Waals surface area contributed by atoms with Crippen molar-refractivity contribution in [1.29, 1.82) is 0 Å². The van der Waals surface area contributed by atoms with Gasteiger partial charge in [-0.3, -0.25) is 15.6 Å². The molecule has 19 heavy (non-hydrogen) atoms. The molecule has 0 aliphatic heterocycles. The monoisotopic (exact) mass is 281 g/mol. The van der Waals surface area contributed by atoms with Crippen molar-refractivity contribution in [3.05, 3.63) is 29.8 Å². The van der Waals surface area contributed by atoms with E-state index in [2.05, 4.69) is 16.2 Å². The zero-order chi connectivity index (χ0) is 14.1. The van der Waals surface area contributed by atoms with Crippen molar-refractivity contribution in [2.45, 2.75) is 20.3 Å². The molecule has 0 aromatic heterocycles. The molecule has 0 aliphatic rings. The first-order chi connectivity index (χ1) is 9.11. The average molecular weight is 281 g/mol. The number of rotatable bonds is 5. The van der Waals surface area contributed by atoms with Gasteiger partial charge in [-0.2, -0.15) is 0 Å². The molecule has 0 saturated heterocycles. The second-order valence-corrected chi connectivity index (χ2v) is 4.36. The molecule has 5 nitrogen and oxygen atoms in total. The summed E-state index contributed by atoms with van der Waals surface area (Å²) >= 11 is 4.91. The Labute approximate surface area is 118 Å². The van der Waals surface area contributed by atoms with Gasteiger partial charge in [-0.1, -0.05) is 12.1 Å². The molecule has 0 atom stereocenters. The standard InChI is InChI=1S/C13H19N3O2S/c1-3-14-13(19)16-15-12(17)7-8-18-11-6-4-5-10(2)9-11/h4-6,9H,3,7-8H2,1-2H3,(H,15,17)(H2,14,16,19). The van der Waals surface area contributed by atoms with Gasteiger partial charge in [0.2, 0.25) is 5.91 Å². The van der Waals surface area contributed by atoms with E-state index in [9.17, 15) is 4.79 Å². The molecule has 0 unspecified atom stereocenters. The van der Waals surface area contributed by atoms with Crippen LogP contribution < -0.4 is 20.9 Å². The van der Waals surface area contributed by atoms with E-state index in [4.69, 9.17) is 17.0 Å². The summed E-state index contributed by atoms with van der Waals surface area (Å²) in [6.07, 6.45) is 0.260. The molecule has 0 spiro atoms. The van der Waals surface area contributed by atoms with E-state index in [1.54, 1.807) is 0 Å². The zero-order valence-electron chi connectivity index (χ0n) is 11.2. The fourth-order valence-electron chi connectivity index (χ4n) is 1.36. The third-order valence-electron chi connectivity index (χ3n) is 2.24. The van der Waals surface area contributed by atoms with Gasteiger partial charge >= 0.3 is 0 Å². The van der Waals surface area contributed by atoms with E-state index in [1.807, 2.05) is 38.1 Å². The van der Waals surface area contributed by atoms with E-state index < -0.39 is 0 Å². The van der Waals surface area contributed by atoms with Gasteiger partial charge in [0.1, 0.15) is 5.75 Å². The number of carbonyl (C=O) groups excluding carboxylic acids is 1. The van der Waals surface area contributed by atoms with Crippen molar-refractivity contribution < 1.29 is 9.53 Å². The lowest BCUT2D eigenvalue weighted by Crippen LogP contribution is -2.46. The largest absolute Gasteiger partial charge is 0.493 e. The summed E-state index contributed by atoms with van der Waals surface area (Å²) in [5.74, 6) is 0.594. The number of amides is 1. The minimum atomic E-state index is -0.173. The number of aryl methyl sites for hydroxylation is 1. The number of benzene rings is 1. The van der Waals surface area contributed by atoms with Crippen LogP contribution in [-0.4, -0.2) is 24.2 Å². The number of ether oxygens (including phenoxy) is 1. The number of nitrogens with one attached hydrogen (secondary N) is 3. The van der Waals surface area contributed by atoms with Crippen LogP contribution in [0.2, 0.25) is 0 Å². The Balaban J connectivity index is 2.18. The highest BCUT2D eigenvalue weighted by Crippen LogP contribution is 2.12. The average Bonchev–Trinajstić information content (AvgIpc) is 2.37. The predicted octanol–water partition coefficient (Wildman–Crippen LogP) is 1.28. The zero-order valence-corrected chi connectivity index (χ0v) is 12.0. The highest BCUT2D eigenvalue weighted by Gasteiger charge is 2.02. The lowest BCUT2D eigenvalue weighted by Gasteiger charge is -2.10. The lowest BCUT2D eigenvalue weighted by molar-refractivity contribution is -0.122. The van der Waals surface area contributed by atoms with Crippen LogP contribution >= 0.6 is 12.2 Å². The Morgan fingerprint density at radius 3 is 2.84 bits per heavy atom. The van der Waals surface area contributed by atoms with Gasteiger partial charge in [-0.15, -0.1) is 0 Å². The third kappa shape index (κ3) is 6.61. The molecule has 104 valence electrons. The molecule has 1 amide bonds. The molecular weight excluding hydrogens is 262 g/mol. The van der Waals surface area contributed by atoms with Crippen LogP contribution in [-0.2, 0) is 4.79 Å². The molecule has 0 heterocycles. The summed E-state index contributed by atoms with van der Waals surface area (Å²) in [4.78, 5) is 11.5. The number of carbonyl (C=O) groups is 1. The quantitative estimate of drug-likeness (QED) is 0.560. The van der Waals surface area contributed by atoms with Crippen molar-refractivity contribution >= 4 is 23.2 Å². The summed E-state index contributed by atoms with van der Waals surface area (Å²) < 4.78 is 5.47. The van der Waals surface area contributed by atoms with Crippen molar-refractivity contribution in [2.75, 3.05) is 13.2 Å². The summed E-state index contributed by atoms with van der Waals surface area (Å²) in [5, 5.41) is 3.26. The Bertz CT molecular complexity index is 438. The molecule has 0 radical (unpaired) electrons. The minimum Gasteiger partial charge on any atom is -0.493 e. The maximum atomic E-state index is 11.5. The van der Waals surface area contributed by atoms with Crippen LogP contribution in [0.4, 0.5) is 0 Å². The molecule has 0 bridgehead atoms.